The zero-order valence-corrected chi connectivity index (χ0v) is 21.3. The molecule has 4 N–H and O–H groups in total. The van der Waals surface area contributed by atoms with Crippen molar-refractivity contribution < 1.29 is 19.5 Å². The van der Waals surface area contributed by atoms with Crippen LogP contribution in [0.1, 0.15) is 60.3 Å². The Morgan fingerprint density at radius 1 is 1.13 bits per heavy atom. The normalized spacial score (nSPS) is 13.7. The molecule has 0 saturated carbocycles. The molecular formula is C22H44N4O4S. The maximum atomic E-state index is 13.3. The molecule has 0 saturated heterocycles. The zero-order chi connectivity index (χ0) is 24.2. The highest BCUT2D eigenvalue weighted by Crippen LogP contribution is 2.19. The fourth-order valence-electron chi connectivity index (χ4n) is 3.09. The van der Waals surface area contributed by atoms with Crippen LogP contribution in [-0.4, -0.2) is 89.0 Å². The topological polar surface area (TPSA) is 116 Å². The number of nitrogens with two attached hydrogens (primary N) is 1. The second-order valence-electron chi connectivity index (χ2n) is 9.18. The number of hydrogen-bond donors (Lipinski definition) is 3. The summed E-state index contributed by atoms with van der Waals surface area (Å²) in [6, 6.07) is -1.64. The summed E-state index contributed by atoms with van der Waals surface area (Å²) in [4.78, 5) is 40.5. The van der Waals surface area contributed by atoms with Gasteiger partial charge in [-0.25, -0.2) is 0 Å². The van der Waals surface area contributed by atoms with Crippen LogP contribution in [0.25, 0.3) is 0 Å². The number of carbonyl (C=O) groups excluding carboxylic acids is 3. The Morgan fingerprint density at radius 2 is 1.74 bits per heavy atom. The zero-order valence-electron chi connectivity index (χ0n) is 20.4. The summed E-state index contributed by atoms with van der Waals surface area (Å²) in [6.45, 7) is 11.3. The average molecular weight is 461 g/mol. The lowest BCUT2D eigenvalue weighted by atomic mass is 9.97. The van der Waals surface area contributed by atoms with Crippen molar-refractivity contribution in [2.24, 2.45) is 11.7 Å². The van der Waals surface area contributed by atoms with Crippen molar-refractivity contribution in [2.75, 3.05) is 38.7 Å². The molecule has 0 aromatic heterocycles. The Morgan fingerprint density at radius 3 is 2.23 bits per heavy atom. The largest absolute Gasteiger partial charge is 0.390 e. The van der Waals surface area contributed by atoms with Crippen LogP contribution >= 0.6 is 11.8 Å². The Balaban J connectivity index is 5.18. The number of hydrogen-bond acceptors (Lipinski definition) is 6. The van der Waals surface area contributed by atoms with Crippen molar-refractivity contribution >= 4 is 29.5 Å². The van der Waals surface area contributed by atoms with E-state index in [-0.39, 0.29) is 18.2 Å². The molecule has 8 nitrogen and oxygen atoms in total. The lowest BCUT2D eigenvalue weighted by molar-refractivity contribution is -0.147. The summed E-state index contributed by atoms with van der Waals surface area (Å²) in [5.41, 5.74) is 4.36. The summed E-state index contributed by atoms with van der Waals surface area (Å²) < 4.78 is 0. The van der Waals surface area contributed by atoms with Gasteiger partial charge in [-0.05, 0) is 51.4 Å². The van der Waals surface area contributed by atoms with Crippen molar-refractivity contribution in [1.29, 1.82) is 0 Å². The molecule has 0 fully saturated rings. The highest BCUT2D eigenvalue weighted by Gasteiger charge is 2.36. The molecule has 0 radical (unpaired) electrons. The molecular weight excluding hydrogens is 416 g/mol. The van der Waals surface area contributed by atoms with E-state index in [0.717, 1.165) is 25.3 Å². The molecule has 0 aliphatic carbocycles. The minimum atomic E-state index is -1.16. The first kappa shape index (κ1) is 29.7. The monoisotopic (exact) mass is 460 g/mol. The van der Waals surface area contributed by atoms with Crippen LogP contribution in [0.5, 0.6) is 0 Å². The number of carbonyl (C=O) groups is 3. The van der Waals surface area contributed by atoms with Gasteiger partial charge < -0.3 is 26.0 Å². The van der Waals surface area contributed by atoms with Crippen LogP contribution < -0.4 is 11.1 Å². The van der Waals surface area contributed by atoms with Crippen molar-refractivity contribution in [3.05, 3.63) is 0 Å². The third-order valence-corrected chi connectivity index (χ3v) is 6.05. The number of nitrogens with zero attached hydrogens (tertiary/aromatic N) is 2. The number of likely N-dealkylation sites (N-methyl/N-ethyl adjacent to an activating group) is 2. The van der Waals surface area contributed by atoms with Gasteiger partial charge in [0.1, 0.15) is 12.1 Å². The number of rotatable bonds is 16. The first-order chi connectivity index (χ1) is 14.3. The fourth-order valence-corrected chi connectivity index (χ4v) is 4.19. The van der Waals surface area contributed by atoms with E-state index in [4.69, 9.17) is 5.73 Å². The summed E-state index contributed by atoms with van der Waals surface area (Å²) in [5, 5.41) is 13.5. The maximum Gasteiger partial charge on any atom is 0.246 e. The minimum absolute atomic E-state index is 0.0264. The standard InChI is InChI=1S/C22H44N4O4S/c1-8-10-19(27)25(6)18(15-31-12-9-11-24-14-16(2)3)21(29)26(7)17(20(23)28)13-22(4,5)30/h16-18,24,30H,8-15H2,1-7H3,(H2,23,28)/t17-,18+/m0/s1. The molecule has 0 unspecified atom stereocenters. The molecule has 31 heavy (non-hydrogen) atoms. The average Bonchev–Trinajstić information content (AvgIpc) is 2.65. The summed E-state index contributed by atoms with van der Waals surface area (Å²) in [6.07, 6.45) is 2.04. The third kappa shape index (κ3) is 12.3. The number of amides is 3. The molecule has 182 valence electrons. The van der Waals surface area contributed by atoms with Crippen LogP contribution in [0.4, 0.5) is 0 Å². The summed E-state index contributed by atoms with van der Waals surface area (Å²) in [5.74, 6) is 0.774. The minimum Gasteiger partial charge on any atom is -0.390 e. The van der Waals surface area contributed by atoms with Gasteiger partial charge in [0, 0.05) is 32.7 Å². The maximum absolute atomic E-state index is 13.3. The predicted molar refractivity (Wildman–Crippen MR) is 128 cm³/mol. The molecule has 0 aliphatic heterocycles. The highest BCUT2D eigenvalue weighted by atomic mass is 32.2. The molecule has 0 rings (SSSR count). The Labute approximate surface area is 192 Å². The first-order valence-electron chi connectivity index (χ1n) is 11.1. The molecule has 0 spiro atoms. The second-order valence-corrected chi connectivity index (χ2v) is 10.3. The molecule has 0 aromatic rings. The van der Waals surface area contributed by atoms with E-state index >= 15 is 0 Å². The van der Waals surface area contributed by atoms with Crippen molar-refractivity contribution in [3.63, 3.8) is 0 Å². The van der Waals surface area contributed by atoms with Gasteiger partial charge in [0.2, 0.25) is 17.7 Å². The number of thioether (sulfide) groups is 1. The quantitative estimate of drug-likeness (QED) is 0.300. The Bertz CT molecular complexity index is 566. The predicted octanol–water partition coefficient (Wildman–Crippen LogP) is 1.46. The lowest BCUT2D eigenvalue weighted by Gasteiger charge is -2.35. The molecule has 0 heterocycles. The van der Waals surface area contributed by atoms with Crippen molar-refractivity contribution in [2.45, 2.75) is 78.0 Å². The van der Waals surface area contributed by atoms with Crippen molar-refractivity contribution in [1.82, 2.24) is 15.1 Å². The van der Waals surface area contributed by atoms with Crippen molar-refractivity contribution in [3.8, 4) is 0 Å². The van der Waals surface area contributed by atoms with E-state index in [1.807, 2.05) is 6.92 Å². The molecule has 0 bridgehead atoms. The smallest absolute Gasteiger partial charge is 0.246 e. The first-order valence-corrected chi connectivity index (χ1v) is 12.3. The number of nitrogens with one attached hydrogen (secondary N) is 1. The fraction of sp³-hybridized carbons (Fsp3) is 0.864. The summed E-state index contributed by atoms with van der Waals surface area (Å²) >= 11 is 1.62. The van der Waals surface area contributed by atoms with Crippen LogP contribution in [0, 0.1) is 5.92 Å². The van der Waals surface area contributed by atoms with E-state index in [0.29, 0.717) is 24.5 Å². The van der Waals surface area contributed by atoms with Gasteiger partial charge in [-0.15, -0.1) is 0 Å². The van der Waals surface area contributed by atoms with E-state index in [1.54, 1.807) is 32.7 Å². The van der Waals surface area contributed by atoms with E-state index in [2.05, 4.69) is 19.2 Å². The van der Waals surface area contributed by atoms with Gasteiger partial charge in [-0.3, -0.25) is 14.4 Å². The van der Waals surface area contributed by atoms with E-state index in [1.165, 1.54) is 16.8 Å². The van der Waals surface area contributed by atoms with Crippen LogP contribution in [-0.2, 0) is 14.4 Å². The number of aliphatic hydroxyl groups is 1. The highest BCUT2D eigenvalue weighted by molar-refractivity contribution is 7.99. The molecule has 0 aliphatic rings. The SMILES string of the molecule is CCCC(=O)N(C)[C@H](CSCCCNCC(C)C)C(=O)N(C)[C@@H](CC(C)(C)O)C(N)=O. The van der Waals surface area contributed by atoms with Gasteiger partial charge >= 0.3 is 0 Å². The molecule has 3 amide bonds. The Kier molecular flexibility index (Phi) is 14.1. The van der Waals surface area contributed by atoms with Gasteiger partial charge in [0.05, 0.1) is 5.60 Å². The van der Waals surface area contributed by atoms with Gasteiger partial charge in [0.15, 0.2) is 0 Å². The van der Waals surface area contributed by atoms with Crippen LogP contribution in [0.3, 0.4) is 0 Å². The third-order valence-electron chi connectivity index (χ3n) is 4.92. The summed E-state index contributed by atoms with van der Waals surface area (Å²) in [7, 11) is 3.14. The molecule has 2 atom stereocenters. The van der Waals surface area contributed by atoms with E-state index in [9.17, 15) is 19.5 Å². The van der Waals surface area contributed by atoms with Crippen LogP contribution in [0.15, 0.2) is 0 Å². The van der Waals surface area contributed by atoms with Gasteiger partial charge in [-0.2, -0.15) is 11.8 Å². The van der Waals surface area contributed by atoms with Gasteiger partial charge in [0.25, 0.3) is 0 Å². The second kappa shape index (κ2) is 14.7. The van der Waals surface area contributed by atoms with Gasteiger partial charge in [-0.1, -0.05) is 20.8 Å². The Hall–Kier alpha value is -1.32. The number of primary amides is 1. The van der Waals surface area contributed by atoms with Crippen LogP contribution in [0.2, 0.25) is 0 Å². The van der Waals surface area contributed by atoms with E-state index < -0.39 is 23.6 Å². The lowest BCUT2D eigenvalue weighted by Crippen LogP contribution is -2.56. The molecule has 0 aromatic carbocycles. The molecule has 9 heteroatoms.